The molecule has 1 aliphatic rings. The van der Waals surface area contributed by atoms with Gasteiger partial charge in [0.15, 0.2) is 0 Å². The molecule has 0 aliphatic carbocycles. The summed E-state index contributed by atoms with van der Waals surface area (Å²) in [4.78, 5) is 9.18. The van der Waals surface area contributed by atoms with Crippen LogP contribution in [0.4, 0.5) is 11.5 Å². The van der Waals surface area contributed by atoms with Crippen LogP contribution in [0.15, 0.2) is 42.6 Å². The van der Waals surface area contributed by atoms with Crippen molar-refractivity contribution in [2.45, 2.75) is 6.54 Å². The minimum Gasteiger partial charge on any atom is -0.368 e. The minimum atomic E-state index is 0.528. The lowest BCUT2D eigenvalue weighted by Crippen LogP contribution is -2.47. The summed E-state index contributed by atoms with van der Waals surface area (Å²) >= 11 is 5.94. The molecule has 21 heavy (non-hydrogen) atoms. The van der Waals surface area contributed by atoms with E-state index in [-0.39, 0.29) is 0 Å². The predicted octanol–water partition coefficient (Wildman–Crippen LogP) is 2.52. The Morgan fingerprint density at radius 3 is 2.33 bits per heavy atom. The average Bonchev–Trinajstić information content (AvgIpc) is 2.56. The van der Waals surface area contributed by atoms with Crippen molar-refractivity contribution in [2.75, 3.05) is 36.0 Å². The predicted molar refractivity (Wildman–Crippen MR) is 88.0 cm³/mol. The Labute approximate surface area is 130 Å². The summed E-state index contributed by atoms with van der Waals surface area (Å²) in [5, 5.41) is 0.776. The fraction of sp³-hybridized carbons (Fsp3) is 0.312. The molecule has 1 aliphatic heterocycles. The maximum atomic E-state index is 5.94. The molecule has 0 bridgehead atoms. The molecule has 0 unspecified atom stereocenters. The van der Waals surface area contributed by atoms with Crippen LogP contribution in [0.1, 0.15) is 5.56 Å². The Balaban J connectivity index is 1.69. The molecule has 1 aromatic heterocycles. The molecule has 0 radical (unpaired) electrons. The highest BCUT2D eigenvalue weighted by atomic mass is 35.5. The van der Waals surface area contributed by atoms with Crippen LogP contribution >= 0.6 is 11.6 Å². The second-order valence-corrected chi connectivity index (χ2v) is 5.58. The molecule has 1 fully saturated rings. The van der Waals surface area contributed by atoms with E-state index >= 15 is 0 Å². The van der Waals surface area contributed by atoms with Gasteiger partial charge in [-0.3, -0.25) is 0 Å². The first kappa shape index (κ1) is 14.2. The van der Waals surface area contributed by atoms with E-state index in [0.717, 1.165) is 42.6 Å². The minimum absolute atomic E-state index is 0.528. The first-order chi connectivity index (χ1) is 10.3. The number of hydrogen-bond acceptors (Lipinski definition) is 4. The van der Waals surface area contributed by atoms with Crippen LogP contribution in [0.2, 0.25) is 5.02 Å². The smallest absolute Gasteiger partial charge is 0.133 e. The summed E-state index contributed by atoms with van der Waals surface area (Å²) in [6.07, 6.45) is 1.83. The number of rotatable bonds is 3. The maximum Gasteiger partial charge on any atom is 0.133 e. The highest BCUT2D eigenvalue weighted by Gasteiger charge is 2.19. The molecule has 2 heterocycles. The zero-order chi connectivity index (χ0) is 14.7. The highest BCUT2D eigenvalue weighted by molar-refractivity contribution is 6.30. The molecule has 0 saturated carbocycles. The number of anilines is 2. The van der Waals surface area contributed by atoms with Gasteiger partial charge in [-0.15, -0.1) is 0 Å². The zero-order valence-corrected chi connectivity index (χ0v) is 12.6. The van der Waals surface area contributed by atoms with E-state index in [1.54, 1.807) is 0 Å². The number of benzene rings is 1. The standard InChI is InChI=1S/C16H19ClN4/c17-14-3-5-15(6-4-14)20-8-10-21(11-9-20)16-13(12-18)2-1-7-19-16/h1-7H,8-12,18H2. The van der Waals surface area contributed by atoms with Crippen molar-refractivity contribution < 1.29 is 0 Å². The molecule has 1 aromatic carbocycles. The summed E-state index contributed by atoms with van der Waals surface area (Å²) in [5.41, 5.74) is 8.13. The van der Waals surface area contributed by atoms with Crippen molar-refractivity contribution in [3.8, 4) is 0 Å². The quantitative estimate of drug-likeness (QED) is 0.946. The van der Waals surface area contributed by atoms with Crippen LogP contribution in [-0.4, -0.2) is 31.2 Å². The number of halogens is 1. The van der Waals surface area contributed by atoms with Gasteiger partial charge in [0.05, 0.1) is 0 Å². The Morgan fingerprint density at radius 1 is 1.00 bits per heavy atom. The molecule has 0 amide bonds. The zero-order valence-electron chi connectivity index (χ0n) is 11.9. The SMILES string of the molecule is NCc1cccnc1N1CCN(c2ccc(Cl)cc2)CC1. The van der Waals surface area contributed by atoms with Gasteiger partial charge in [0.1, 0.15) is 5.82 Å². The van der Waals surface area contributed by atoms with Crippen LogP contribution in [0.5, 0.6) is 0 Å². The lowest BCUT2D eigenvalue weighted by molar-refractivity contribution is 0.644. The van der Waals surface area contributed by atoms with Gasteiger partial charge in [0, 0.05) is 55.2 Å². The van der Waals surface area contributed by atoms with Gasteiger partial charge < -0.3 is 15.5 Å². The van der Waals surface area contributed by atoms with E-state index in [1.165, 1.54) is 5.69 Å². The number of nitrogens with two attached hydrogens (primary N) is 1. The van der Waals surface area contributed by atoms with Gasteiger partial charge in [-0.1, -0.05) is 17.7 Å². The largest absolute Gasteiger partial charge is 0.368 e. The second-order valence-electron chi connectivity index (χ2n) is 5.14. The molecule has 5 heteroatoms. The molecule has 2 aromatic rings. The molecule has 0 spiro atoms. The van der Waals surface area contributed by atoms with Crippen molar-refractivity contribution in [3.05, 3.63) is 53.2 Å². The summed E-state index contributed by atoms with van der Waals surface area (Å²) in [7, 11) is 0. The van der Waals surface area contributed by atoms with E-state index in [4.69, 9.17) is 17.3 Å². The van der Waals surface area contributed by atoms with Crippen LogP contribution in [-0.2, 0) is 6.54 Å². The van der Waals surface area contributed by atoms with Crippen LogP contribution in [0.25, 0.3) is 0 Å². The van der Waals surface area contributed by atoms with Crippen molar-refractivity contribution in [1.29, 1.82) is 0 Å². The lowest BCUT2D eigenvalue weighted by Gasteiger charge is -2.37. The summed E-state index contributed by atoms with van der Waals surface area (Å²) in [6.45, 7) is 4.38. The van der Waals surface area contributed by atoms with Gasteiger partial charge in [0.2, 0.25) is 0 Å². The van der Waals surface area contributed by atoms with Crippen LogP contribution < -0.4 is 15.5 Å². The summed E-state index contributed by atoms with van der Waals surface area (Å²) < 4.78 is 0. The molecule has 1 saturated heterocycles. The van der Waals surface area contributed by atoms with Crippen molar-refractivity contribution in [3.63, 3.8) is 0 Å². The Bertz CT molecular complexity index is 591. The highest BCUT2D eigenvalue weighted by Crippen LogP contribution is 2.22. The van der Waals surface area contributed by atoms with Crippen molar-refractivity contribution >= 4 is 23.1 Å². The first-order valence-corrected chi connectivity index (χ1v) is 7.55. The molecular weight excluding hydrogens is 284 g/mol. The number of aromatic nitrogens is 1. The summed E-state index contributed by atoms with van der Waals surface area (Å²) in [5.74, 6) is 1.02. The average molecular weight is 303 g/mol. The summed E-state index contributed by atoms with van der Waals surface area (Å²) in [6, 6.07) is 12.0. The number of piperazine rings is 1. The van der Waals surface area contributed by atoms with Gasteiger partial charge in [-0.2, -0.15) is 0 Å². The lowest BCUT2D eigenvalue weighted by atomic mass is 10.2. The third-order valence-corrected chi connectivity index (χ3v) is 4.11. The van der Waals surface area contributed by atoms with E-state index in [9.17, 15) is 0 Å². The van der Waals surface area contributed by atoms with E-state index in [1.807, 2.05) is 30.5 Å². The molecular formula is C16H19ClN4. The third kappa shape index (κ3) is 3.12. The monoisotopic (exact) mass is 302 g/mol. The Morgan fingerprint density at radius 2 is 1.67 bits per heavy atom. The molecule has 110 valence electrons. The van der Waals surface area contributed by atoms with Crippen LogP contribution in [0, 0.1) is 0 Å². The van der Waals surface area contributed by atoms with Crippen molar-refractivity contribution in [1.82, 2.24) is 4.98 Å². The van der Waals surface area contributed by atoms with Gasteiger partial charge >= 0.3 is 0 Å². The third-order valence-electron chi connectivity index (χ3n) is 3.86. The fourth-order valence-corrected chi connectivity index (χ4v) is 2.83. The van der Waals surface area contributed by atoms with Gasteiger partial charge in [-0.25, -0.2) is 4.98 Å². The second kappa shape index (κ2) is 6.33. The Hall–Kier alpha value is -1.78. The molecule has 0 atom stereocenters. The van der Waals surface area contributed by atoms with Crippen molar-refractivity contribution in [2.24, 2.45) is 5.73 Å². The Kier molecular flexibility index (Phi) is 4.27. The van der Waals surface area contributed by atoms with Gasteiger partial charge in [-0.05, 0) is 30.3 Å². The normalized spacial score (nSPS) is 15.3. The van der Waals surface area contributed by atoms with E-state index in [0.29, 0.717) is 6.54 Å². The topological polar surface area (TPSA) is 45.4 Å². The van der Waals surface area contributed by atoms with E-state index < -0.39 is 0 Å². The number of nitrogens with zero attached hydrogens (tertiary/aromatic N) is 3. The fourth-order valence-electron chi connectivity index (χ4n) is 2.70. The van der Waals surface area contributed by atoms with Gasteiger partial charge in [0.25, 0.3) is 0 Å². The molecule has 3 rings (SSSR count). The van der Waals surface area contributed by atoms with E-state index in [2.05, 4.69) is 26.9 Å². The first-order valence-electron chi connectivity index (χ1n) is 7.17. The number of pyridine rings is 1. The maximum absolute atomic E-state index is 5.94. The molecule has 4 nitrogen and oxygen atoms in total. The molecule has 2 N–H and O–H groups in total. The van der Waals surface area contributed by atoms with Crippen LogP contribution in [0.3, 0.4) is 0 Å². The number of hydrogen-bond donors (Lipinski definition) is 1.